The van der Waals surface area contributed by atoms with E-state index in [0.717, 1.165) is 27.5 Å². The second kappa shape index (κ2) is 13.3. The van der Waals surface area contributed by atoms with Crippen molar-refractivity contribution < 1.29 is 22.7 Å². The lowest BCUT2D eigenvalue weighted by Crippen LogP contribution is -2.42. The molecule has 2 aromatic rings. The smallest absolute Gasteiger partial charge is 0.303 e. The molecular weight excluding hydrogens is 516 g/mol. The summed E-state index contributed by atoms with van der Waals surface area (Å²) in [5, 5.41) is 2.82. The number of para-hydroxylation sites is 1. The van der Waals surface area contributed by atoms with Crippen molar-refractivity contribution >= 4 is 27.7 Å². The zero-order chi connectivity index (χ0) is 27.8. The summed E-state index contributed by atoms with van der Waals surface area (Å²) in [5.74, 6) is 0.331. The van der Waals surface area contributed by atoms with E-state index in [-0.39, 0.29) is 19.1 Å². The minimum atomic E-state index is -4.01. The van der Waals surface area contributed by atoms with Crippen LogP contribution in [0, 0.1) is 5.92 Å². The number of hydrogen-bond donors (Lipinski definition) is 2. The van der Waals surface area contributed by atoms with Crippen molar-refractivity contribution in [2.45, 2.75) is 57.9 Å². The van der Waals surface area contributed by atoms with Crippen molar-refractivity contribution in [1.29, 1.82) is 0 Å². The van der Waals surface area contributed by atoms with E-state index in [1.54, 1.807) is 12.1 Å². The Balaban J connectivity index is 1.67. The molecule has 2 aliphatic rings. The third-order valence-corrected chi connectivity index (χ3v) is 9.03. The Morgan fingerprint density at radius 1 is 0.974 bits per heavy atom. The van der Waals surface area contributed by atoms with Crippen molar-refractivity contribution in [3.63, 3.8) is 0 Å². The zero-order valence-electron chi connectivity index (χ0n) is 22.9. The van der Waals surface area contributed by atoms with Gasteiger partial charge in [0.05, 0.1) is 0 Å². The second-order valence-electron chi connectivity index (χ2n) is 10.6. The summed E-state index contributed by atoms with van der Waals surface area (Å²) in [6.07, 6.45) is 8.15. The molecule has 1 heterocycles. The van der Waals surface area contributed by atoms with Gasteiger partial charge in [-0.05, 0) is 48.9 Å². The summed E-state index contributed by atoms with van der Waals surface area (Å²) < 4.78 is 34.9. The van der Waals surface area contributed by atoms with E-state index in [1.807, 2.05) is 37.4 Å². The third kappa shape index (κ3) is 7.95. The second-order valence-corrected chi connectivity index (χ2v) is 12.4. The highest BCUT2D eigenvalue weighted by Gasteiger charge is 2.24. The highest BCUT2D eigenvalue weighted by Crippen LogP contribution is 2.32. The van der Waals surface area contributed by atoms with Crippen molar-refractivity contribution in [2.75, 3.05) is 38.7 Å². The third-order valence-electron chi connectivity index (χ3n) is 7.58. The van der Waals surface area contributed by atoms with Crippen LogP contribution < -0.4 is 19.7 Å². The number of nitrogens with zero attached hydrogens (tertiary/aromatic N) is 2. The molecule has 2 amide bonds. The normalized spacial score (nSPS) is 20.4. The minimum absolute atomic E-state index is 0.101. The van der Waals surface area contributed by atoms with Crippen LogP contribution in [-0.4, -0.2) is 58.3 Å². The molecule has 1 aliphatic heterocycles. The van der Waals surface area contributed by atoms with E-state index < -0.39 is 16.1 Å². The number of ether oxygens (including phenoxy) is 1. The first kappa shape index (κ1) is 28.9. The molecule has 4 rings (SSSR count). The Bertz CT molecular complexity index is 1260. The number of amides is 2. The largest absolute Gasteiger partial charge is 0.483 e. The fraction of sp³-hybridized carbons (Fsp3) is 0.517. The van der Waals surface area contributed by atoms with Gasteiger partial charge in [0.25, 0.3) is 11.8 Å². The number of nitrogens with one attached hydrogen (secondary N) is 2. The van der Waals surface area contributed by atoms with Crippen LogP contribution in [0.1, 0.15) is 66.4 Å². The van der Waals surface area contributed by atoms with Crippen LogP contribution >= 0.6 is 0 Å². The van der Waals surface area contributed by atoms with Gasteiger partial charge in [0.1, 0.15) is 5.75 Å². The molecule has 1 fully saturated rings. The first-order valence-corrected chi connectivity index (χ1v) is 15.3. The average molecular weight is 557 g/mol. The lowest BCUT2D eigenvalue weighted by atomic mass is 9.84. The van der Waals surface area contributed by atoms with Gasteiger partial charge in [0.15, 0.2) is 6.61 Å². The van der Waals surface area contributed by atoms with Crippen LogP contribution in [0.4, 0.5) is 5.69 Å². The molecular formula is C29H40N4O5S. The molecule has 39 heavy (non-hydrogen) atoms. The minimum Gasteiger partial charge on any atom is -0.483 e. The van der Waals surface area contributed by atoms with Crippen molar-refractivity contribution in [3.8, 4) is 5.75 Å². The first-order valence-electron chi connectivity index (χ1n) is 13.8. The molecule has 1 saturated carbocycles. The average Bonchev–Trinajstić information content (AvgIpc) is 2.92. The van der Waals surface area contributed by atoms with Crippen LogP contribution in [-0.2, 0) is 28.0 Å². The Morgan fingerprint density at radius 3 is 2.54 bits per heavy atom. The predicted octanol–water partition coefficient (Wildman–Crippen LogP) is 3.64. The number of benzene rings is 2. The van der Waals surface area contributed by atoms with E-state index >= 15 is 0 Å². The summed E-state index contributed by atoms with van der Waals surface area (Å²) in [6.45, 7) is 1.01. The molecule has 0 spiro atoms. The predicted molar refractivity (Wildman–Crippen MR) is 152 cm³/mol. The highest BCUT2D eigenvalue weighted by molar-refractivity contribution is 7.87. The number of anilines is 1. The molecule has 0 atom stereocenters. The van der Waals surface area contributed by atoms with Crippen LogP contribution in [0.2, 0.25) is 0 Å². The molecule has 9 nitrogen and oxygen atoms in total. The van der Waals surface area contributed by atoms with E-state index in [0.29, 0.717) is 43.2 Å². The quantitative estimate of drug-likeness (QED) is 0.585. The molecule has 0 unspecified atom stereocenters. The van der Waals surface area contributed by atoms with E-state index in [1.165, 1.54) is 39.2 Å². The van der Waals surface area contributed by atoms with Gasteiger partial charge >= 0.3 is 10.2 Å². The number of hydrogen-bond acceptors (Lipinski definition) is 6. The van der Waals surface area contributed by atoms with Gasteiger partial charge in [-0.1, -0.05) is 56.4 Å². The van der Waals surface area contributed by atoms with Crippen LogP contribution in [0.3, 0.4) is 0 Å². The SMILES string of the molecule is CN1Cc2ccccc2OCC(=O)NCCCCN(C)S(=O)(=O)NC(=O)c2ccc(CC3CCCCC3)c1c2. The molecule has 0 aromatic heterocycles. The van der Waals surface area contributed by atoms with Crippen LogP contribution in [0.5, 0.6) is 5.75 Å². The Hall–Kier alpha value is -3.11. The summed E-state index contributed by atoms with van der Waals surface area (Å²) >= 11 is 0. The molecule has 0 saturated heterocycles. The van der Waals surface area contributed by atoms with Crippen LogP contribution in [0.25, 0.3) is 0 Å². The molecule has 2 bridgehead atoms. The van der Waals surface area contributed by atoms with Crippen molar-refractivity contribution in [3.05, 3.63) is 59.2 Å². The highest BCUT2D eigenvalue weighted by atomic mass is 32.2. The van der Waals surface area contributed by atoms with Gasteiger partial charge in [0, 0.05) is 50.5 Å². The number of carbonyl (C=O) groups excluding carboxylic acids is 2. The summed E-state index contributed by atoms with van der Waals surface area (Å²) in [6, 6.07) is 13.1. The van der Waals surface area contributed by atoms with E-state index in [9.17, 15) is 18.0 Å². The fourth-order valence-electron chi connectivity index (χ4n) is 5.31. The zero-order valence-corrected chi connectivity index (χ0v) is 23.8. The molecule has 2 N–H and O–H groups in total. The van der Waals surface area contributed by atoms with E-state index in [4.69, 9.17) is 4.74 Å². The van der Waals surface area contributed by atoms with Crippen molar-refractivity contribution in [2.24, 2.45) is 5.92 Å². The van der Waals surface area contributed by atoms with Gasteiger partial charge in [-0.25, -0.2) is 4.72 Å². The van der Waals surface area contributed by atoms with Gasteiger partial charge in [-0.3, -0.25) is 9.59 Å². The molecule has 1 aliphatic carbocycles. The summed E-state index contributed by atoms with van der Waals surface area (Å²) in [4.78, 5) is 27.5. The maximum absolute atomic E-state index is 13.1. The van der Waals surface area contributed by atoms with Gasteiger partial charge in [-0.2, -0.15) is 12.7 Å². The Kier molecular flexibility index (Phi) is 9.85. The molecule has 212 valence electrons. The number of carbonyl (C=O) groups is 2. The monoisotopic (exact) mass is 556 g/mol. The number of rotatable bonds is 2. The topological polar surface area (TPSA) is 108 Å². The fourth-order valence-corrected chi connectivity index (χ4v) is 6.18. The van der Waals surface area contributed by atoms with Gasteiger partial charge in [-0.15, -0.1) is 0 Å². The number of fused-ring (bicyclic) bond motifs is 3. The first-order chi connectivity index (χ1) is 18.7. The summed E-state index contributed by atoms with van der Waals surface area (Å²) in [5.41, 5.74) is 3.21. The Morgan fingerprint density at radius 2 is 1.74 bits per heavy atom. The Labute approximate surface area is 232 Å². The van der Waals surface area contributed by atoms with Gasteiger partial charge < -0.3 is 15.0 Å². The lowest BCUT2D eigenvalue weighted by Gasteiger charge is -2.27. The van der Waals surface area contributed by atoms with Gasteiger partial charge in [0.2, 0.25) is 0 Å². The van der Waals surface area contributed by atoms with Crippen LogP contribution in [0.15, 0.2) is 42.5 Å². The molecule has 10 heteroatoms. The maximum Gasteiger partial charge on any atom is 0.303 e. The molecule has 0 radical (unpaired) electrons. The summed E-state index contributed by atoms with van der Waals surface area (Å²) in [7, 11) is -0.614. The lowest BCUT2D eigenvalue weighted by molar-refractivity contribution is -0.123. The molecule has 2 aromatic carbocycles. The van der Waals surface area contributed by atoms with Crippen molar-refractivity contribution in [1.82, 2.24) is 14.3 Å². The van der Waals surface area contributed by atoms with E-state index in [2.05, 4.69) is 14.9 Å². The maximum atomic E-state index is 13.1. The standard InChI is InChI=1S/C29H40N4O5S/c1-32-20-25-12-6-7-13-27(25)38-21-28(34)30-16-8-9-17-33(2)39(36,37)31-29(35)24-15-14-23(26(32)19-24)18-22-10-4-3-5-11-22/h6-7,12-15,19,22H,3-5,8-11,16-18,20-21H2,1-2H3,(H,30,34)(H,31,35).